The highest BCUT2D eigenvalue weighted by Crippen LogP contribution is 2.33. The Labute approximate surface area is 114 Å². The van der Waals surface area contributed by atoms with Gasteiger partial charge in [-0.05, 0) is 32.1 Å². The predicted molar refractivity (Wildman–Crippen MR) is 77.2 cm³/mol. The average Bonchev–Trinajstić information content (AvgIpc) is 2.92. The number of nitrogens with one attached hydrogen (secondary N) is 1. The van der Waals surface area contributed by atoms with Crippen molar-refractivity contribution in [3.8, 4) is 0 Å². The highest BCUT2D eigenvalue weighted by atomic mass is 32.2. The molecule has 4 atom stereocenters. The molecule has 4 heteroatoms. The van der Waals surface area contributed by atoms with Crippen LogP contribution in [0.25, 0.3) is 0 Å². The fourth-order valence-electron chi connectivity index (χ4n) is 3.26. The molecular formula is C14H24N2OS. The Balaban J connectivity index is 1.57. The summed E-state index contributed by atoms with van der Waals surface area (Å²) >= 11 is 1.93. The van der Waals surface area contributed by atoms with Crippen LogP contribution in [-0.4, -0.2) is 36.2 Å². The van der Waals surface area contributed by atoms with Gasteiger partial charge in [0.15, 0.2) is 5.17 Å². The molecule has 0 spiro atoms. The van der Waals surface area contributed by atoms with Gasteiger partial charge in [0, 0.05) is 24.3 Å². The first kappa shape index (κ1) is 12.8. The number of aliphatic imine (C=N–C) groups is 1. The molecule has 2 heterocycles. The van der Waals surface area contributed by atoms with Gasteiger partial charge in [0.25, 0.3) is 0 Å². The highest BCUT2D eigenvalue weighted by molar-refractivity contribution is 8.13. The molecule has 1 N–H and O–H groups in total. The topological polar surface area (TPSA) is 33.6 Å². The normalized spacial score (nSPS) is 37.8. The van der Waals surface area contributed by atoms with E-state index in [1.807, 2.05) is 11.8 Å². The van der Waals surface area contributed by atoms with Crippen molar-refractivity contribution >= 4 is 16.9 Å². The van der Waals surface area contributed by atoms with E-state index in [0.717, 1.165) is 19.1 Å². The van der Waals surface area contributed by atoms with E-state index in [0.29, 0.717) is 18.0 Å². The number of nitrogens with zero attached hydrogens (tertiary/aromatic N) is 1. The molecule has 1 saturated heterocycles. The van der Waals surface area contributed by atoms with Crippen molar-refractivity contribution in [2.45, 2.75) is 51.1 Å². The van der Waals surface area contributed by atoms with Crippen LogP contribution in [0.3, 0.4) is 0 Å². The summed E-state index contributed by atoms with van der Waals surface area (Å²) < 4.78 is 5.47. The third-order valence-corrected chi connectivity index (χ3v) is 5.70. The second-order valence-electron chi connectivity index (χ2n) is 5.91. The zero-order chi connectivity index (χ0) is 12.4. The molecule has 3 nitrogen and oxygen atoms in total. The number of rotatable bonds is 2. The number of hydrogen-bond acceptors (Lipinski definition) is 4. The highest BCUT2D eigenvalue weighted by Gasteiger charge is 2.30. The first-order valence-corrected chi connectivity index (χ1v) is 8.36. The summed E-state index contributed by atoms with van der Waals surface area (Å²) in [5, 5.41) is 4.82. The van der Waals surface area contributed by atoms with E-state index in [2.05, 4.69) is 12.2 Å². The van der Waals surface area contributed by atoms with Crippen molar-refractivity contribution in [1.82, 2.24) is 5.32 Å². The molecule has 0 aromatic rings. The lowest BCUT2D eigenvalue weighted by molar-refractivity contribution is 0.180. The molecule has 0 aromatic heterocycles. The van der Waals surface area contributed by atoms with Crippen molar-refractivity contribution in [3.63, 3.8) is 0 Å². The first-order chi connectivity index (χ1) is 8.83. The predicted octanol–water partition coefficient (Wildman–Crippen LogP) is 2.66. The molecule has 4 unspecified atom stereocenters. The van der Waals surface area contributed by atoms with E-state index in [9.17, 15) is 0 Å². The third-order valence-electron chi connectivity index (χ3n) is 4.61. The Bertz CT molecular complexity index is 315. The van der Waals surface area contributed by atoms with E-state index < -0.39 is 0 Å². The van der Waals surface area contributed by atoms with Gasteiger partial charge in [-0.1, -0.05) is 24.6 Å². The molecule has 0 bridgehead atoms. The van der Waals surface area contributed by atoms with E-state index in [4.69, 9.17) is 9.73 Å². The number of hydrogen-bond donors (Lipinski definition) is 1. The molecule has 18 heavy (non-hydrogen) atoms. The van der Waals surface area contributed by atoms with Crippen molar-refractivity contribution in [2.75, 3.05) is 19.0 Å². The number of thioether (sulfide) groups is 1. The van der Waals surface area contributed by atoms with E-state index in [1.54, 1.807) is 0 Å². The van der Waals surface area contributed by atoms with Gasteiger partial charge < -0.3 is 10.1 Å². The van der Waals surface area contributed by atoms with Gasteiger partial charge in [-0.15, -0.1) is 0 Å². The Morgan fingerprint density at radius 2 is 2.22 bits per heavy atom. The van der Waals surface area contributed by atoms with Gasteiger partial charge in [-0.3, -0.25) is 4.99 Å². The van der Waals surface area contributed by atoms with Crippen LogP contribution in [0.5, 0.6) is 0 Å². The lowest BCUT2D eigenvalue weighted by Gasteiger charge is -2.34. The minimum absolute atomic E-state index is 0.499. The number of amidine groups is 1. The van der Waals surface area contributed by atoms with Crippen LogP contribution in [0.15, 0.2) is 4.99 Å². The quantitative estimate of drug-likeness (QED) is 0.836. The lowest BCUT2D eigenvalue weighted by Crippen LogP contribution is -2.41. The summed E-state index contributed by atoms with van der Waals surface area (Å²) in [4.78, 5) is 4.94. The number of fused-ring (bicyclic) bond motifs is 1. The largest absolute Gasteiger partial charge is 0.381 e. The standard InChI is InChI=1S/C14H24N2OS/c1-10(11-6-7-17-8-11)15-14-16-13-5-3-2-4-12(13)9-18-14/h10-13H,2-9H2,1H3,(H,15,16). The Hall–Kier alpha value is -0.220. The molecule has 3 rings (SSSR count). The van der Waals surface area contributed by atoms with Crippen LogP contribution < -0.4 is 5.32 Å². The van der Waals surface area contributed by atoms with Crippen molar-refractivity contribution in [1.29, 1.82) is 0 Å². The maximum Gasteiger partial charge on any atom is 0.157 e. The van der Waals surface area contributed by atoms with Crippen LogP contribution in [0.1, 0.15) is 39.0 Å². The van der Waals surface area contributed by atoms with Crippen molar-refractivity contribution < 1.29 is 4.74 Å². The molecule has 0 radical (unpaired) electrons. The molecule has 0 aromatic carbocycles. The third kappa shape index (κ3) is 2.85. The molecule has 102 valence electrons. The lowest BCUT2D eigenvalue weighted by atomic mass is 9.86. The Kier molecular flexibility index (Phi) is 4.14. The maximum absolute atomic E-state index is 5.47. The minimum atomic E-state index is 0.499. The Morgan fingerprint density at radius 3 is 3.06 bits per heavy atom. The second-order valence-corrected chi connectivity index (χ2v) is 6.92. The van der Waals surface area contributed by atoms with Gasteiger partial charge >= 0.3 is 0 Å². The summed E-state index contributed by atoms with van der Waals surface area (Å²) in [7, 11) is 0. The smallest absolute Gasteiger partial charge is 0.157 e. The minimum Gasteiger partial charge on any atom is -0.381 e. The van der Waals surface area contributed by atoms with Gasteiger partial charge in [-0.25, -0.2) is 0 Å². The van der Waals surface area contributed by atoms with Crippen LogP contribution >= 0.6 is 11.8 Å². The molecule has 2 fully saturated rings. The van der Waals surface area contributed by atoms with E-state index in [-0.39, 0.29) is 0 Å². The SMILES string of the molecule is CC(NC1=NC2CCCCC2CS1)C1CCOC1. The van der Waals surface area contributed by atoms with Crippen molar-refractivity contribution in [3.05, 3.63) is 0 Å². The van der Waals surface area contributed by atoms with Gasteiger partial charge in [0.2, 0.25) is 0 Å². The van der Waals surface area contributed by atoms with Crippen LogP contribution in [0.4, 0.5) is 0 Å². The van der Waals surface area contributed by atoms with Gasteiger partial charge in [0.1, 0.15) is 0 Å². The maximum atomic E-state index is 5.47. The van der Waals surface area contributed by atoms with Crippen LogP contribution in [-0.2, 0) is 4.74 Å². The van der Waals surface area contributed by atoms with Crippen LogP contribution in [0, 0.1) is 11.8 Å². The first-order valence-electron chi connectivity index (χ1n) is 7.38. The van der Waals surface area contributed by atoms with E-state index >= 15 is 0 Å². The number of ether oxygens (including phenoxy) is 1. The van der Waals surface area contributed by atoms with Crippen LogP contribution in [0.2, 0.25) is 0 Å². The average molecular weight is 268 g/mol. The van der Waals surface area contributed by atoms with Gasteiger partial charge in [-0.2, -0.15) is 0 Å². The second kappa shape index (κ2) is 5.83. The summed E-state index contributed by atoms with van der Waals surface area (Å²) in [5.41, 5.74) is 0. The molecular weight excluding hydrogens is 244 g/mol. The molecule has 1 aliphatic carbocycles. The summed E-state index contributed by atoms with van der Waals surface area (Å²) in [6.45, 7) is 4.12. The molecule has 3 aliphatic rings. The zero-order valence-electron chi connectivity index (χ0n) is 11.2. The van der Waals surface area contributed by atoms with E-state index in [1.165, 1.54) is 43.0 Å². The summed E-state index contributed by atoms with van der Waals surface area (Å²) in [6, 6.07) is 1.11. The summed E-state index contributed by atoms with van der Waals surface area (Å²) in [6.07, 6.45) is 6.67. The Morgan fingerprint density at radius 1 is 1.33 bits per heavy atom. The fourth-order valence-corrected chi connectivity index (χ4v) is 4.50. The molecule has 0 amide bonds. The fraction of sp³-hybridized carbons (Fsp3) is 0.929. The monoisotopic (exact) mass is 268 g/mol. The molecule has 1 saturated carbocycles. The summed E-state index contributed by atoms with van der Waals surface area (Å²) in [5.74, 6) is 2.78. The van der Waals surface area contributed by atoms with Crippen molar-refractivity contribution in [2.24, 2.45) is 16.8 Å². The zero-order valence-corrected chi connectivity index (χ0v) is 12.0. The molecule has 2 aliphatic heterocycles. The van der Waals surface area contributed by atoms with Gasteiger partial charge in [0.05, 0.1) is 12.6 Å².